The minimum Gasteiger partial charge on any atom is -0.496 e. The third kappa shape index (κ3) is 3.14. The molecule has 2 N–H and O–H groups in total. The van der Waals surface area contributed by atoms with Gasteiger partial charge in [-0.15, -0.1) is 0 Å². The van der Waals surface area contributed by atoms with E-state index in [1.54, 1.807) is 13.2 Å². The number of aryl methyl sites for hydroxylation is 1. The molecule has 5 heteroatoms. The van der Waals surface area contributed by atoms with Gasteiger partial charge in [-0.05, 0) is 24.3 Å². The second-order valence-electron chi connectivity index (χ2n) is 6.50. The van der Waals surface area contributed by atoms with Gasteiger partial charge in [0.25, 0.3) is 0 Å². The Kier molecular flexibility index (Phi) is 4.56. The second-order valence-corrected chi connectivity index (χ2v) is 6.50. The molecule has 0 bridgehead atoms. The summed E-state index contributed by atoms with van der Waals surface area (Å²) < 4.78 is 20.9. The first-order valence-electron chi connectivity index (χ1n) is 7.36. The van der Waals surface area contributed by atoms with Crippen LogP contribution in [0.1, 0.15) is 43.6 Å². The zero-order chi connectivity index (χ0) is 16.5. The monoisotopic (exact) mass is 305 g/mol. The standard InChI is InChI=1S/C17H24FN3O/c1-17(2,3)16-9-14(21(4)20-16)13(10-19)12-8-11(18)6-7-15(12)22-5/h6-9,13H,10,19H2,1-5H3. The molecule has 0 aliphatic carbocycles. The van der Waals surface area contributed by atoms with Gasteiger partial charge in [-0.25, -0.2) is 4.39 Å². The molecule has 1 aromatic heterocycles. The van der Waals surface area contributed by atoms with Crippen molar-refractivity contribution in [2.45, 2.75) is 32.1 Å². The van der Waals surface area contributed by atoms with E-state index in [1.807, 2.05) is 17.8 Å². The van der Waals surface area contributed by atoms with Gasteiger partial charge < -0.3 is 10.5 Å². The highest BCUT2D eigenvalue weighted by Gasteiger charge is 2.25. The summed E-state index contributed by atoms with van der Waals surface area (Å²) in [5, 5.41) is 4.58. The van der Waals surface area contributed by atoms with Crippen molar-refractivity contribution in [1.29, 1.82) is 0 Å². The van der Waals surface area contributed by atoms with Crippen molar-refractivity contribution in [3.05, 3.63) is 47.0 Å². The maximum atomic E-state index is 13.7. The Balaban J connectivity index is 2.54. The van der Waals surface area contributed by atoms with Crippen molar-refractivity contribution in [1.82, 2.24) is 9.78 Å². The van der Waals surface area contributed by atoms with Gasteiger partial charge in [-0.3, -0.25) is 4.68 Å². The molecule has 0 aliphatic heterocycles. The summed E-state index contributed by atoms with van der Waals surface area (Å²) >= 11 is 0. The number of hydrogen-bond acceptors (Lipinski definition) is 3. The zero-order valence-corrected chi connectivity index (χ0v) is 13.9. The Morgan fingerprint density at radius 1 is 1.32 bits per heavy atom. The lowest BCUT2D eigenvalue weighted by Gasteiger charge is -2.18. The van der Waals surface area contributed by atoms with Crippen molar-refractivity contribution in [3.8, 4) is 5.75 Å². The second kappa shape index (κ2) is 6.08. The van der Waals surface area contributed by atoms with Gasteiger partial charge in [0, 0.05) is 36.2 Å². The number of rotatable bonds is 4. The first kappa shape index (κ1) is 16.5. The van der Waals surface area contributed by atoms with Gasteiger partial charge in [-0.1, -0.05) is 20.8 Å². The first-order valence-corrected chi connectivity index (χ1v) is 7.36. The molecule has 2 rings (SSSR count). The molecule has 0 saturated carbocycles. The zero-order valence-electron chi connectivity index (χ0n) is 13.9. The van der Waals surface area contributed by atoms with Gasteiger partial charge in [0.05, 0.1) is 12.8 Å². The van der Waals surface area contributed by atoms with Gasteiger partial charge >= 0.3 is 0 Å². The third-order valence-electron chi connectivity index (χ3n) is 3.84. The molecule has 0 amide bonds. The largest absolute Gasteiger partial charge is 0.496 e. The van der Waals surface area contributed by atoms with Crippen LogP contribution in [0.15, 0.2) is 24.3 Å². The molecule has 22 heavy (non-hydrogen) atoms. The fraction of sp³-hybridized carbons (Fsp3) is 0.471. The number of nitrogens with zero attached hydrogens (tertiary/aromatic N) is 2. The van der Waals surface area contributed by atoms with E-state index >= 15 is 0 Å². The minimum absolute atomic E-state index is 0.0544. The van der Waals surface area contributed by atoms with E-state index in [-0.39, 0.29) is 17.2 Å². The van der Waals surface area contributed by atoms with E-state index in [1.165, 1.54) is 12.1 Å². The van der Waals surface area contributed by atoms with Gasteiger partial charge in [0.1, 0.15) is 11.6 Å². The number of nitrogens with two attached hydrogens (primary N) is 1. The Morgan fingerprint density at radius 2 is 2.00 bits per heavy atom. The first-order chi connectivity index (χ1) is 10.3. The molecule has 0 fully saturated rings. The van der Waals surface area contributed by atoms with Crippen molar-refractivity contribution >= 4 is 0 Å². The van der Waals surface area contributed by atoms with Crippen molar-refractivity contribution in [2.24, 2.45) is 12.8 Å². The smallest absolute Gasteiger partial charge is 0.123 e. The van der Waals surface area contributed by atoms with Crippen LogP contribution in [-0.4, -0.2) is 23.4 Å². The third-order valence-corrected chi connectivity index (χ3v) is 3.84. The number of halogens is 1. The highest BCUT2D eigenvalue weighted by Crippen LogP contribution is 2.33. The highest BCUT2D eigenvalue weighted by molar-refractivity contribution is 5.42. The summed E-state index contributed by atoms with van der Waals surface area (Å²) in [6, 6.07) is 6.55. The van der Waals surface area contributed by atoms with Gasteiger partial charge in [0.15, 0.2) is 0 Å². The SMILES string of the molecule is COc1ccc(F)cc1C(CN)c1cc(C(C)(C)C)nn1C. The lowest BCUT2D eigenvalue weighted by molar-refractivity contribution is 0.405. The number of methoxy groups -OCH3 is 1. The summed E-state index contributed by atoms with van der Waals surface area (Å²) in [6.07, 6.45) is 0. The van der Waals surface area contributed by atoms with Gasteiger partial charge in [0.2, 0.25) is 0 Å². The van der Waals surface area contributed by atoms with Crippen molar-refractivity contribution in [3.63, 3.8) is 0 Å². The highest BCUT2D eigenvalue weighted by atomic mass is 19.1. The topological polar surface area (TPSA) is 53.1 Å². The van der Waals surface area contributed by atoms with E-state index in [9.17, 15) is 4.39 Å². The molecule has 4 nitrogen and oxygen atoms in total. The van der Waals surface area contributed by atoms with E-state index in [0.29, 0.717) is 12.3 Å². The molecule has 1 atom stereocenters. The molecule has 0 aliphatic rings. The normalized spacial score (nSPS) is 13.2. The Labute approximate surface area is 131 Å². The van der Waals surface area contributed by atoms with E-state index < -0.39 is 0 Å². The van der Waals surface area contributed by atoms with Crippen LogP contribution in [-0.2, 0) is 12.5 Å². The molecule has 1 unspecified atom stereocenters. The maximum Gasteiger partial charge on any atom is 0.123 e. The fourth-order valence-corrected chi connectivity index (χ4v) is 2.56. The quantitative estimate of drug-likeness (QED) is 0.945. The molecule has 0 radical (unpaired) electrons. The Bertz CT molecular complexity index is 658. The van der Waals surface area contributed by atoms with Crippen LogP contribution < -0.4 is 10.5 Å². The van der Waals surface area contributed by atoms with Crippen LogP contribution >= 0.6 is 0 Å². The number of hydrogen-bond donors (Lipinski definition) is 1. The molecule has 1 aromatic carbocycles. The molecule has 0 saturated heterocycles. The summed E-state index contributed by atoms with van der Waals surface area (Å²) in [4.78, 5) is 0. The van der Waals surface area contributed by atoms with E-state index in [4.69, 9.17) is 10.5 Å². The van der Waals surface area contributed by atoms with Crippen LogP contribution in [0.5, 0.6) is 5.75 Å². The predicted octanol–water partition coefficient (Wildman–Crippen LogP) is 2.96. The molecule has 1 heterocycles. The van der Waals surface area contributed by atoms with Crippen LogP contribution in [0.4, 0.5) is 4.39 Å². The lowest BCUT2D eigenvalue weighted by Crippen LogP contribution is -2.18. The van der Waals surface area contributed by atoms with Crippen LogP contribution in [0.25, 0.3) is 0 Å². The number of aromatic nitrogens is 2. The van der Waals surface area contributed by atoms with Crippen molar-refractivity contribution in [2.75, 3.05) is 13.7 Å². The van der Waals surface area contributed by atoms with Crippen molar-refractivity contribution < 1.29 is 9.13 Å². The summed E-state index contributed by atoms with van der Waals surface area (Å²) in [5.41, 5.74) is 8.61. The molecular formula is C17H24FN3O. The Morgan fingerprint density at radius 3 is 2.50 bits per heavy atom. The number of benzene rings is 1. The minimum atomic E-state index is -0.299. The Hall–Kier alpha value is -1.88. The number of ether oxygens (including phenoxy) is 1. The molecule has 2 aromatic rings. The summed E-state index contributed by atoms with van der Waals surface area (Å²) in [5.74, 6) is 0.169. The summed E-state index contributed by atoms with van der Waals surface area (Å²) in [7, 11) is 3.47. The molecule has 120 valence electrons. The maximum absolute atomic E-state index is 13.7. The van der Waals surface area contributed by atoms with E-state index in [0.717, 1.165) is 17.0 Å². The average molecular weight is 305 g/mol. The summed E-state index contributed by atoms with van der Waals surface area (Å²) in [6.45, 7) is 6.68. The van der Waals surface area contributed by atoms with Crippen LogP contribution in [0, 0.1) is 5.82 Å². The lowest BCUT2D eigenvalue weighted by atomic mass is 9.89. The average Bonchev–Trinajstić information content (AvgIpc) is 2.82. The van der Waals surface area contributed by atoms with Crippen LogP contribution in [0.3, 0.4) is 0 Å². The predicted molar refractivity (Wildman–Crippen MR) is 85.8 cm³/mol. The molecular weight excluding hydrogens is 281 g/mol. The molecule has 0 spiro atoms. The van der Waals surface area contributed by atoms with Gasteiger partial charge in [-0.2, -0.15) is 5.10 Å². The van der Waals surface area contributed by atoms with E-state index in [2.05, 4.69) is 25.9 Å². The van der Waals surface area contributed by atoms with Crippen LogP contribution in [0.2, 0.25) is 0 Å². The fourth-order valence-electron chi connectivity index (χ4n) is 2.56.